The zero-order valence-electron chi connectivity index (χ0n) is 19.7. The Kier molecular flexibility index (Phi) is 7.13. The Morgan fingerprint density at radius 2 is 1.91 bits per heavy atom. The molecule has 2 aliphatic heterocycles. The van der Waals surface area contributed by atoms with Crippen LogP contribution in [-0.2, 0) is 11.2 Å². The molecule has 2 aliphatic rings. The fourth-order valence-electron chi connectivity index (χ4n) is 4.98. The van der Waals surface area contributed by atoms with E-state index in [1.54, 1.807) is 29.8 Å². The second-order valence-corrected chi connectivity index (χ2v) is 9.50. The minimum absolute atomic E-state index is 0.0971. The maximum absolute atomic E-state index is 13.0. The van der Waals surface area contributed by atoms with Crippen molar-refractivity contribution in [1.29, 1.82) is 0 Å². The summed E-state index contributed by atoms with van der Waals surface area (Å²) in [6.07, 6.45) is 2.79. The SMILES string of the molecule is Cc1ncncc1C(=O)N1CCC2(CC1)C[C@@H](O)[C@@H](O)Cc1ccccc1OCC(=O)N(C)C2. The zero-order chi connectivity index (χ0) is 24.3. The van der Waals surface area contributed by atoms with E-state index < -0.39 is 17.6 Å². The molecule has 2 atom stereocenters. The van der Waals surface area contributed by atoms with Gasteiger partial charge in [0.25, 0.3) is 11.8 Å². The second kappa shape index (κ2) is 10.1. The van der Waals surface area contributed by atoms with E-state index in [9.17, 15) is 19.8 Å². The molecule has 1 aromatic carbocycles. The number of benzene rings is 1. The largest absolute Gasteiger partial charge is 0.483 e. The van der Waals surface area contributed by atoms with Gasteiger partial charge in [-0.15, -0.1) is 0 Å². The van der Waals surface area contributed by atoms with E-state index in [0.29, 0.717) is 55.9 Å². The molecule has 1 fully saturated rings. The van der Waals surface area contributed by atoms with Gasteiger partial charge in [0.15, 0.2) is 6.61 Å². The molecule has 0 saturated carbocycles. The molecule has 1 aromatic heterocycles. The summed E-state index contributed by atoms with van der Waals surface area (Å²) in [6.45, 7) is 3.07. The highest BCUT2D eigenvalue weighted by molar-refractivity contribution is 5.95. The number of aliphatic hydroxyl groups is 2. The standard InChI is InChI=1S/C25H32N4O5/c1-17-19(13-26-16-27-17)24(33)29-9-7-25(8-10-29)12-21(31)20(30)11-18-5-3-4-6-22(18)34-14-23(32)28(2)15-25/h3-6,13,16,20-21,30-31H,7-12,14-15H2,1-2H3/t20-,21+/m0/s1. The normalized spacial score (nSPS) is 23.5. The van der Waals surface area contributed by atoms with Crippen molar-refractivity contribution in [3.63, 3.8) is 0 Å². The monoisotopic (exact) mass is 468 g/mol. The fraction of sp³-hybridized carbons (Fsp3) is 0.520. The Hall–Kier alpha value is -3.04. The van der Waals surface area contributed by atoms with Gasteiger partial charge in [-0.2, -0.15) is 0 Å². The van der Waals surface area contributed by atoms with Crippen molar-refractivity contribution in [2.24, 2.45) is 5.41 Å². The number of carbonyl (C=O) groups is 2. The highest BCUT2D eigenvalue weighted by Crippen LogP contribution is 2.39. The van der Waals surface area contributed by atoms with Crippen molar-refractivity contribution in [1.82, 2.24) is 19.8 Å². The number of likely N-dealkylation sites (N-methyl/N-ethyl adjacent to an activating group) is 1. The molecule has 1 spiro atoms. The van der Waals surface area contributed by atoms with Gasteiger partial charge in [-0.25, -0.2) is 9.97 Å². The van der Waals surface area contributed by atoms with E-state index >= 15 is 0 Å². The molecule has 9 heteroatoms. The Morgan fingerprint density at radius 3 is 2.65 bits per heavy atom. The van der Waals surface area contributed by atoms with Crippen LogP contribution in [0.5, 0.6) is 5.75 Å². The highest BCUT2D eigenvalue weighted by atomic mass is 16.5. The van der Waals surface area contributed by atoms with Gasteiger partial charge >= 0.3 is 0 Å². The molecular formula is C25H32N4O5. The third-order valence-corrected chi connectivity index (χ3v) is 7.09. The molecular weight excluding hydrogens is 436 g/mol. The minimum atomic E-state index is -0.969. The third kappa shape index (κ3) is 5.20. The number of ether oxygens (including phenoxy) is 1. The van der Waals surface area contributed by atoms with E-state index in [2.05, 4.69) is 9.97 Å². The quantitative estimate of drug-likeness (QED) is 0.646. The number of likely N-dealkylation sites (tertiary alicyclic amines) is 1. The molecule has 182 valence electrons. The maximum atomic E-state index is 13.0. The Labute approximate surface area is 199 Å². The molecule has 2 aromatic rings. The van der Waals surface area contributed by atoms with Crippen LogP contribution in [0.25, 0.3) is 0 Å². The summed E-state index contributed by atoms with van der Waals surface area (Å²) >= 11 is 0. The molecule has 34 heavy (non-hydrogen) atoms. The molecule has 0 unspecified atom stereocenters. The van der Waals surface area contributed by atoms with E-state index in [1.165, 1.54) is 12.5 Å². The molecule has 0 radical (unpaired) electrons. The van der Waals surface area contributed by atoms with Crippen molar-refractivity contribution >= 4 is 11.8 Å². The molecule has 0 bridgehead atoms. The van der Waals surface area contributed by atoms with E-state index in [0.717, 1.165) is 5.56 Å². The summed E-state index contributed by atoms with van der Waals surface area (Å²) in [5, 5.41) is 21.8. The summed E-state index contributed by atoms with van der Waals surface area (Å²) in [5.74, 6) is 0.272. The number of aromatic nitrogens is 2. The average molecular weight is 469 g/mol. The molecule has 0 aliphatic carbocycles. The number of hydrogen-bond acceptors (Lipinski definition) is 7. The van der Waals surface area contributed by atoms with Gasteiger partial charge in [-0.1, -0.05) is 18.2 Å². The van der Waals surface area contributed by atoms with Crippen LogP contribution < -0.4 is 4.74 Å². The predicted molar refractivity (Wildman–Crippen MR) is 124 cm³/mol. The molecule has 9 nitrogen and oxygen atoms in total. The molecule has 2 N–H and O–H groups in total. The number of aryl methyl sites for hydroxylation is 1. The summed E-state index contributed by atoms with van der Waals surface area (Å²) in [5.41, 5.74) is 1.44. The first-order valence-corrected chi connectivity index (χ1v) is 11.6. The van der Waals surface area contributed by atoms with Crippen molar-refractivity contribution in [2.45, 2.75) is 44.8 Å². The summed E-state index contributed by atoms with van der Waals surface area (Å²) in [4.78, 5) is 37.3. The number of piperidine rings is 1. The first-order valence-electron chi connectivity index (χ1n) is 11.6. The molecule has 3 heterocycles. The second-order valence-electron chi connectivity index (χ2n) is 9.50. The topological polar surface area (TPSA) is 116 Å². The van der Waals surface area contributed by atoms with Crippen LogP contribution in [0.15, 0.2) is 36.8 Å². The number of rotatable bonds is 1. The van der Waals surface area contributed by atoms with E-state index in [4.69, 9.17) is 4.74 Å². The van der Waals surface area contributed by atoms with Crippen LogP contribution in [-0.4, -0.2) is 87.3 Å². The van der Waals surface area contributed by atoms with Crippen molar-refractivity contribution in [3.8, 4) is 5.75 Å². The van der Waals surface area contributed by atoms with Gasteiger partial charge in [0, 0.05) is 39.3 Å². The van der Waals surface area contributed by atoms with Crippen LogP contribution >= 0.6 is 0 Å². The molecule has 2 amide bonds. The summed E-state index contributed by atoms with van der Waals surface area (Å²) in [6, 6.07) is 7.26. The Bertz CT molecular complexity index is 1040. The Morgan fingerprint density at radius 1 is 1.18 bits per heavy atom. The lowest BCUT2D eigenvalue weighted by Gasteiger charge is -2.45. The van der Waals surface area contributed by atoms with E-state index in [1.807, 2.05) is 18.2 Å². The molecule has 1 saturated heterocycles. The number of aliphatic hydroxyl groups excluding tert-OH is 2. The van der Waals surface area contributed by atoms with Gasteiger partial charge < -0.3 is 24.7 Å². The Balaban J connectivity index is 1.53. The predicted octanol–water partition coefficient (Wildman–Crippen LogP) is 1.21. The van der Waals surface area contributed by atoms with E-state index in [-0.39, 0.29) is 24.8 Å². The first-order chi connectivity index (χ1) is 16.3. The van der Waals surface area contributed by atoms with Crippen LogP contribution in [0.4, 0.5) is 0 Å². The van der Waals surface area contributed by atoms with Gasteiger partial charge in [-0.3, -0.25) is 9.59 Å². The zero-order valence-corrected chi connectivity index (χ0v) is 19.7. The van der Waals surface area contributed by atoms with Crippen LogP contribution in [0.3, 0.4) is 0 Å². The first kappa shape index (κ1) is 24.1. The van der Waals surface area contributed by atoms with Crippen LogP contribution in [0.2, 0.25) is 0 Å². The summed E-state index contributed by atoms with van der Waals surface area (Å²) in [7, 11) is 1.73. The van der Waals surface area contributed by atoms with Gasteiger partial charge in [0.1, 0.15) is 12.1 Å². The van der Waals surface area contributed by atoms with Gasteiger partial charge in [-0.05, 0) is 43.2 Å². The number of nitrogens with zero attached hydrogens (tertiary/aromatic N) is 4. The van der Waals surface area contributed by atoms with Crippen molar-refractivity contribution in [3.05, 3.63) is 53.6 Å². The van der Waals surface area contributed by atoms with Crippen molar-refractivity contribution < 1.29 is 24.5 Å². The van der Waals surface area contributed by atoms with Crippen LogP contribution in [0, 0.1) is 12.3 Å². The number of carbonyl (C=O) groups excluding carboxylic acids is 2. The minimum Gasteiger partial charge on any atom is -0.483 e. The average Bonchev–Trinajstić information content (AvgIpc) is 2.83. The number of para-hydroxylation sites is 1. The number of fused-ring (bicyclic) bond motifs is 1. The van der Waals surface area contributed by atoms with Crippen LogP contribution in [0.1, 0.15) is 40.9 Å². The van der Waals surface area contributed by atoms with Gasteiger partial charge in [0.2, 0.25) is 0 Å². The number of hydrogen-bond donors (Lipinski definition) is 2. The fourth-order valence-corrected chi connectivity index (χ4v) is 4.98. The van der Waals surface area contributed by atoms with Crippen molar-refractivity contribution in [2.75, 3.05) is 33.3 Å². The lowest BCUT2D eigenvalue weighted by Crippen LogP contribution is -2.51. The number of amides is 2. The lowest BCUT2D eigenvalue weighted by atomic mass is 9.72. The lowest BCUT2D eigenvalue weighted by molar-refractivity contribution is -0.135. The van der Waals surface area contributed by atoms with Gasteiger partial charge in [0.05, 0.1) is 23.5 Å². The maximum Gasteiger partial charge on any atom is 0.260 e. The summed E-state index contributed by atoms with van der Waals surface area (Å²) < 4.78 is 5.76. The molecule has 4 rings (SSSR count). The highest BCUT2D eigenvalue weighted by Gasteiger charge is 2.41. The third-order valence-electron chi connectivity index (χ3n) is 7.09. The smallest absolute Gasteiger partial charge is 0.260 e.